The van der Waals surface area contributed by atoms with Crippen LogP contribution in [-0.4, -0.2) is 14.7 Å². The Hall–Kier alpha value is -7.17. The Bertz CT molecular complexity index is 3660. The van der Waals surface area contributed by atoms with Gasteiger partial charge in [0.1, 0.15) is 17.1 Å². The van der Waals surface area contributed by atoms with E-state index in [2.05, 4.69) is 173 Å². The van der Waals surface area contributed by atoms with E-state index in [1.165, 1.54) is 76.0 Å². The van der Waals surface area contributed by atoms with Gasteiger partial charge in [0.2, 0.25) is 0 Å². The first-order valence-corrected chi connectivity index (χ1v) is 19.1. The highest BCUT2D eigenvalue weighted by molar-refractivity contribution is 6.36. The molecule has 55 heavy (non-hydrogen) atoms. The zero-order chi connectivity index (χ0) is 35.8. The fourth-order valence-corrected chi connectivity index (χ4v) is 9.71. The molecule has 0 aliphatic carbocycles. The van der Waals surface area contributed by atoms with Gasteiger partial charge in [-0.3, -0.25) is 4.57 Å². The van der Waals surface area contributed by atoms with Crippen LogP contribution in [0, 0.1) is 0 Å². The molecule has 0 unspecified atom stereocenters. The lowest BCUT2D eigenvalue weighted by atomic mass is 9.97. The van der Waals surface area contributed by atoms with Crippen LogP contribution in [0.1, 0.15) is 23.3 Å². The standard InChI is InChI=1S/C51H31N3O/c1-2-13-31-26-34(25-24-30(31)12-1)49-51-37(36-17-7-10-22-45(36)55-51)19-11-23-46(52-49)53-43-28-33-15-4-3-14-32(33)27-40(43)47-44(53)29-39-35-16-5-8-20-41(35)54-42-21-9-6-18-38(42)48(47)50(39)54/h1-10,12-18,20-29H,11,19H2. The number of para-hydroxylation sites is 3. The molecule has 0 bridgehead atoms. The van der Waals surface area contributed by atoms with Gasteiger partial charge in [-0.2, -0.15) is 0 Å². The van der Waals surface area contributed by atoms with Crippen LogP contribution in [0.3, 0.4) is 0 Å². The Kier molecular flexibility index (Phi) is 5.71. The third kappa shape index (κ3) is 3.93. The van der Waals surface area contributed by atoms with E-state index in [1.54, 1.807) is 0 Å². The topological polar surface area (TPSA) is 34.8 Å². The summed E-state index contributed by atoms with van der Waals surface area (Å²) in [6.45, 7) is 0. The Balaban J connectivity index is 1.20. The molecule has 13 rings (SSSR count). The van der Waals surface area contributed by atoms with E-state index in [4.69, 9.17) is 9.41 Å². The van der Waals surface area contributed by atoms with Gasteiger partial charge in [0.25, 0.3) is 0 Å². The average molecular weight is 702 g/mol. The molecule has 256 valence electrons. The van der Waals surface area contributed by atoms with Crippen molar-refractivity contribution in [2.24, 2.45) is 4.99 Å². The van der Waals surface area contributed by atoms with Crippen LogP contribution >= 0.6 is 0 Å². The quantitative estimate of drug-likeness (QED) is 0.177. The molecule has 4 aromatic heterocycles. The number of aromatic nitrogens is 2. The summed E-state index contributed by atoms with van der Waals surface area (Å²) in [7, 11) is 0. The number of fused-ring (bicyclic) bond motifs is 15. The highest BCUT2D eigenvalue weighted by Gasteiger charge is 2.27. The zero-order valence-electron chi connectivity index (χ0n) is 29.8. The number of hydrogen-bond donors (Lipinski definition) is 0. The first-order chi connectivity index (χ1) is 27.3. The van der Waals surface area contributed by atoms with E-state index in [0.29, 0.717) is 0 Å². The van der Waals surface area contributed by atoms with Crippen LogP contribution < -0.4 is 0 Å². The van der Waals surface area contributed by atoms with Gasteiger partial charge >= 0.3 is 0 Å². The molecule has 1 aliphatic heterocycles. The van der Waals surface area contributed by atoms with Gasteiger partial charge in [-0.15, -0.1) is 0 Å². The molecule has 0 atom stereocenters. The SMILES string of the molecule is C1=C(n2c3cc4ccccc4cc3c3c4c5ccccc5n5c6ccccc6c(cc32)c45)N=C(c2ccc3ccccc3c2)c2oc3ccccc3c2CC1. The minimum absolute atomic E-state index is 0.826. The summed E-state index contributed by atoms with van der Waals surface area (Å²) in [5.41, 5.74) is 10.1. The van der Waals surface area contributed by atoms with E-state index in [0.717, 1.165) is 57.7 Å². The van der Waals surface area contributed by atoms with Crippen molar-refractivity contribution in [1.82, 2.24) is 8.97 Å². The molecular formula is C51H31N3O. The van der Waals surface area contributed by atoms with Crippen LogP contribution in [0.15, 0.2) is 173 Å². The fourth-order valence-electron chi connectivity index (χ4n) is 9.71. The van der Waals surface area contributed by atoms with Gasteiger partial charge < -0.3 is 8.82 Å². The molecule has 0 amide bonds. The minimum atomic E-state index is 0.826. The van der Waals surface area contributed by atoms with E-state index >= 15 is 0 Å². The zero-order valence-corrected chi connectivity index (χ0v) is 29.8. The lowest BCUT2D eigenvalue weighted by Crippen LogP contribution is -2.10. The van der Waals surface area contributed by atoms with Crippen molar-refractivity contribution in [3.8, 4) is 0 Å². The van der Waals surface area contributed by atoms with Crippen molar-refractivity contribution in [2.75, 3.05) is 0 Å². The van der Waals surface area contributed by atoms with Crippen LogP contribution in [0.5, 0.6) is 0 Å². The Morgan fingerprint density at radius 2 is 1.16 bits per heavy atom. The van der Waals surface area contributed by atoms with Crippen LogP contribution in [0.2, 0.25) is 0 Å². The molecule has 12 aromatic rings. The number of benzene rings is 8. The molecular weight excluding hydrogens is 671 g/mol. The predicted octanol–water partition coefficient (Wildman–Crippen LogP) is 13.3. The number of hydrogen-bond acceptors (Lipinski definition) is 2. The molecule has 0 spiro atoms. The fraction of sp³-hybridized carbons (Fsp3) is 0.0392. The van der Waals surface area contributed by atoms with Gasteiger partial charge in [-0.1, -0.05) is 115 Å². The number of nitrogens with zero attached hydrogens (tertiary/aromatic N) is 3. The summed E-state index contributed by atoms with van der Waals surface area (Å²) in [6.07, 6.45) is 4.02. The van der Waals surface area contributed by atoms with Gasteiger partial charge in [0, 0.05) is 48.8 Å². The molecule has 1 aliphatic rings. The molecule has 8 aromatic carbocycles. The van der Waals surface area contributed by atoms with Crippen LogP contribution in [0.25, 0.3) is 98.2 Å². The van der Waals surface area contributed by atoms with Crippen molar-refractivity contribution >= 4 is 104 Å². The van der Waals surface area contributed by atoms with Crippen LogP contribution in [-0.2, 0) is 6.42 Å². The largest absolute Gasteiger partial charge is 0.454 e. The summed E-state index contributed by atoms with van der Waals surface area (Å²) in [6, 6.07) is 57.3. The monoisotopic (exact) mass is 701 g/mol. The maximum Gasteiger partial charge on any atom is 0.157 e. The summed E-state index contributed by atoms with van der Waals surface area (Å²) in [5.74, 6) is 1.76. The summed E-state index contributed by atoms with van der Waals surface area (Å²) < 4.78 is 11.7. The van der Waals surface area contributed by atoms with Crippen molar-refractivity contribution in [3.63, 3.8) is 0 Å². The van der Waals surface area contributed by atoms with Crippen LogP contribution in [0.4, 0.5) is 0 Å². The summed E-state index contributed by atoms with van der Waals surface area (Å²) in [4.78, 5) is 5.76. The van der Waals surface area contributed by atoms with Gasteiger partial charge in [0.05, 0.1) is 27.6 Å². The van der Waals surface area contributed by atoms with E-state index in [9.17, 15) is 0 Å². The predicted molar refractivity (Wildman–Crippen MR) is 230 cm³/mol. The average Bonchev–Trinajstić information content (AvgIpc) is 3.95. The molecule has 0 saturated heterocycles. The third-order valence-electron chi connectivity index (χ3n) is 12.1. The minimum Gasteiger partial charge on any atom is -0.454 e. The first kappa shape index (κ1) is 29.3. The van der Waals surface area contributed by atoms with Gasteiger partial charge in [-0.25, -0.2) is 4.99 Å². The van der Waals surface area contributed by atoms with E-state index in [1.807, 2.05) is 0 Å². The smallest absolute Gasteiger partial charge is 0.157 e. The molecule has 5 heterocycles. The van der Waals surface area contributed by atoms with Crippen molar-refractivity contribution in [3.05, 3.63) is 181 Å². The normalized spacial score (nSPS) is 13.9. The number of aryl methyl sites for hydroxylation is 1. The second-order valence-corrected chi connectivity index (χ2v) is 15.0. The van der Waals surface area contributed by atoms with Crippen molar-refractivity contribution < 1.29 is 4.42 Å². The molecule has 0 fully saturated rings. The highest BCUT2D eigenvalue weighted by atomic mass is 16.3. The lowest BCUT2D eigenvalue weighted by molar-refractivity contribution is 0.599. The van der Waals surface area contributed by atoms with E-state index < -0.39 is 0 Å². The summed E-state index contributed by atoms with van der Waals surface area (Å²) in [5, 5.41) is 13.5. The lowest BCUT2D eigenvalue weighted by Gasteiger charge is -2.16. The molecule has 4 heteroatoms. The van der Waals surface area contributed by atoms with Crippen molar-refractivity contribution in [1.29, 1.82) is 0 Å². The van der Waals surface area contributed by atoms with E-state index in [-0.39, 0.29) is 0 Å². The maximum absolute atomic E-state index is 6.81. The number of rotatable bonds is 2. The second-order valence-electron chi connectivity index (χ2n) is 15.0. The van der Waals surface area contributed by atoms with Gasteiger partial charge in [-0.05, 0) is 82.9 Å². The Morgan fingerprint density at radius 1 is 0.491 bits per heavy atom. The second kappa shape index (κ2) is 10.7. The highest BCUT2D eigenvalue weighted by Crippen LogP contribution is 2.47. The molecule has 4 nitrogen and oxygen atoms in total. The maximum atomic E-state index is 6.81. The molecule has 0 N–H and O–H groups in total. The van der Waals surface area contributed by atoms with Crippen molar-refractivity contribution in [2.45, 2.75) is 12.8 Å². The number of furan rings is 1. The third-order valence-corrected chi connectivity index (χ3v) is 12.1. The molecule has 0 radical (unpaired) electrons. The Labute approximate surface area is 314 Å². The van der Waals surface area contributed by atoms with Gasteiger partial charge in [0.15, 0.2) is 5.76 Å². The number of aliphatic imine (C=N–C) groups is 1. The Morgan fingerprint density at radius 3 is 2.00 bits per heavy atom. The summed E-state index contributed by atoms with van der Waals surface area (Å²) >= 11 is 0. The number of allylic oxidation sites excluding steroid dienone is 1. The first-order valence-electron chi connectivity index (χ1n) is 19.1. The molecule has 0 saturated carbocycles.